The molecule has 0 fully saturated rings. The topological polar surface area (TPSA) is 52.6 Å². The van der Waals surface area contributed by atoms with Crippen LogP contribution in [0.15, 0.2) is 13.6 Å². The highest BCUT2D eigenvalue weighted by Crippen LogP contribution is 2.06. The molecule has 0 unspecified atom stereocenters. The molecule has 0 aliphatic heterocycles. The summed E-state index contributed by atoms with van der Waals surface area (Å²) in [4.78, 5) is 10.6. The molecular formula is C10H15O4. The van der Waals surface area contributed by atoms with Gasteiger partial charge in [0, 0.05) is 0 Å². The molecule has 0 aliphatic carbocycles. The van der Waals surface area contributed by atoms with Gasteiger partial charge in [-0.1, -0.05) is 13.3 Å². The van der Waals surface area contributed by atoms with Crippen LogP contribution in [0.1, 0.15) is 31.3 Å². The fourth-order valence-corrected chi connectivity index (χ4v) is 1.03. The number of aryl methyl sites for hydroxylation is 1. The van der Waals surface area contributed by atoms with Crippen molar-refractivity contribution in [2.24, 2.45) is 0 Å². The Hall–Kier alpha value is -1.03. The molecule has 0 aliphatic rings. The van der Waals surface area contributed by atoms with Crippen molar-refractivity contribution in [1.29, 1.82) is 0 Å². The van der Waals surface area contributed by atoms with Gasteiger partial charge in [-0.15, -0.1) is 0 Å². The number of unbranched alkanes of at least 4 members (excludes halogenated alkanes) is 2. The SMILES string of the molecule is CCC[CH]COCc1oc(=O)oc1C. The molecule has 0 amide bonds. The molecule has 0 bridgehead atoms. The largest absolute Gasteiger partial charge is 0.519 e. The molecule has 14 heavy (non-hydrogen) atoms. The molecule has 0 aromatic carbocycles. The third kappa shape index (κ3) is 3.38. The zero-order valence-corrected chi connectivity index (χ0v) is 8.54. The van der Waals surface area contributed by atoms with Gasteiger partial charge in [-0.25, -0.2) is 4.79 Å². The lowest BCUT2D eigenvalue weighted by atomic mass is 10.3. The van der Waals surface area contributed by atoms with Crippen molar-refractivity contribution >= 4 is 0 Å². The van der Waals surface area contributed by atoms with Crippen molar-refractivity contribution in [3.63, 3.8) is 0 Å². The van der Waals surface area contributed by atoms with Crippen LogP contribution in [0.2, 0.25) is 0 Å². The standard InChI is InChI=1S/C10H15O4/c1-3-4-5-6-12-7-9-8(2)13-10(11)14-9/h5H,3-4,6-7H2,1-2H3. The van der Waals surface area contributed by atoms with Crippen LogP contribution in [-0.2, 0) is 11.3 Å². The second-order valence-electron chi connectivity index (χ2n) is 3.03. The maximum Gasteiger partial charge on any atom is 0.519 e. The Balaban J connectivity index is 2.24. The Morgan fingerprint density at radius 1 is 1.43 bits per heavy atom. The second kappa shape index (κ2) is 5.65. The number of rotatable bonds is 6. The van der Waals surface area contributed by atoms with Crippen molar-refractivity contribution in [2.45, 2.75) is 33.3 Å². The van der Waals surface area contributed by atoms with E-state index in [1.54, 1.807) is 6.92 Å². The van der Waals surface area contributed by atoms with Gasteiger partial charge in [0.2, 0.25) is 0 Å². The van der Waals surface area contributed by atoms with Crippen LogP contribution in [0.4, 0.5) is 0 Å². The first-order valence-corrected chi connectivity index (χ1v) is 4.73. The average Bonchev–Trinajstić information content (AvgIpc) is 2.45. The molecule has 1 aromatic heterocycles. The minimum atomic E-state index is -0.668. The lowest BCUT2D eigenvalue weighted by Gasteiger charge is -1.99. The zero-order valence-electron chi connectivity index (χ0n) is 8.54. The maximum atomic E-state index is 10.6. The van der Waals surface area contributed by atoms with Gasteiger partial charge in [-0.2, -0.15) is 0 Å². The van der Waals surface area contributed by atoms with Crippen molar-refractivity contribution in [1.82, 2.24) is 0 Å². The third-order valence-corrected chi connectivity index (χ3v) is 1.80. The lowest BCUT2D eigenvalue weighted by Crippen LogP contribution is -1.96. The van der Waals surface area contributed by atoms with Gasteiger partial charge < -0.3 is 13.6 Å². The van der Waals surface area contributed by atoms with Gasteiger partial charge in [0.25, 0.3) is 0 Å². The van der Waals surface area contributed by atoms with Crippen LogP contribution in [0, 0.1) is 13.3 Å². The second-order valence-corrected chi connectivity index (χ2v) is 3.03. The van der Waals surface area contributed by atoms with Crippen LogP contribution in [0.5, 0.6) is 0 Å². The summed E-state index contributed by atoms with van der Waals surface area (Å²) in [5, 5.41) is 0. The predicted octanol–water partition coefficient (Wildman–Crippen LogP) is 2.06. The Morgan fingerprint density at radius 2 is 2.21 bits per heavy atom. The summed E-state index contributed by atoms with van der Waals surface area (Å²) in [6.07, 6.45) is 4.20. The molecule has 1 heterocycles. The Morgan fingerprint density at radius 3 is 2.79 bits per heavy atom. The Bertz CT molecular complexity index is 310. The molecule has 79 valence electrons. The van der Waals surface area contributed by atoms with Gasteiger partial charge in [-0.05, 0) is 19.8 Å². The average molecular weight is 199 g/mol. The lowest BCUT2D eigenvalue weighted by molar-refractivity contribution is 0.120. The summed E-state index contributed by atoms with van der Waals surface area (Å²) < 4.78 is 14.7. The third-order valence-electron chi connectivity index (χ3n) is 1.80. The highest BCUT2D eigenvalue weighted by molar-refractivity contribution is 4.98. The molecule has 0 N–H and O–H groups in total. The van der Waals surface area contributed by atoms with Gasteiger partial charge in [-0.3, -0.25) is 0 Å². The normalized spacial score (nSPS) is 10.7. The molecule has 0 atom stereocenters. The summed E-state index contributed by atoms with van der Waals surface area (Å²) in [6.45, 7) is 4.65. The summed E-state index contributed by atoms with van der Waals surface area (Å²) >= 11 is 0. The van der Waals surface area contributed by atoms with E-state index in [4.69, 9.17) is 9.15 Å². The van der Waals surface area contributed by atoms with Crippen LogP contribution in [-0.4, -0.2) is 6.61 Å². The first kappa shape index (κ1) is 11.0. The van der Waals surface area contributed by atoms with Crippen molar-refractivity contribution < 1.29 is 13.6 Å². The summed E-state index contributed by atoms with van der Waals surface area (Å²) in [7, 11) is 0. The molecule has 1 aromatic rings. The van der Waals surface area contributed by atoms with E-state index in [-0.39, 0.29) is 6.61 Å². The molecule has 4 nitrogen and oxygen atoms in total. The fourth-order valence-electron chi connectivity index (χ4n) is 1.03. The van der Waals surface area contributed by atoms with Crippen LogP contribution in [0.25, 0.3) is 0 Å². The van der Waals surface area contributed by atoms with E-state index in [0.717, 1.165) is 12.8 Å². The van der Waals surface area contributed by atoms with Gasteiger partial charge in [0.05, 0.1) is 6.61 Å². The Labute approximate surface area is 82.9 Å². The summed E-state index contributed by atoms with van der Waals surface area (Å²) in [5.41, 5.74) is 0. The summed E-state index contributed by atoms with van der Waals surface area (Å²) in [5.74, 6) is 0.295. The minimum Gasteiger partial charge on any atom is -0.396 e. The zero-order chi connectivity index (χ0) is 10.4. The van der Waals surface area contributed by atoms with Gasteiger partial charge >= 0.3 is 5.82 Å². The fraction of sp³-hybridized carbons (Fsp3) is 0.600. The smallest absolute Gasteiger partial charge is 0.396 e. The monoisotopic (exact) mass is 199 g/mol. The number of hydrogen-bond acceptors (Lipinski definition) is 4. The van der Waals surface area contributed by atoms with Gasteiger partial charge in [0.1, 0.15) is 12.4 Å². The molecule has 4 heteroatoms. The van der Waals surface area contributed by atoms with Crippen LogP contribution < -0.4 is 5.82 Å². The van der Waals surface area contributed by atoms with E-state index in [1.807, 2.05) is 6.42 Å². The summed E-state index contributed by atoms with van der Waals surface area (Å²) in [6, 6.07) is 0. The number of ether oxygens (including phenoxy) is 1. The quantitative estimate of drug-likeness (QED) is 0.658. The molecule has 1 rings (SSSR count). The van der Waals surface area contributed by atoms with E-state index in [0.29, 0.717) is 18.1 Å². The number of hydrogen-bond donors (Lipinski definition) is 0. The van der Waals surface area contributed by atoms with E-state index in [9.17, 15) is 4.79 Å². The minimum absolute atomic E-state index is 0.289. The van der Waals surface area contributed by atoms with Gasteiger partial charge in [0.15, 0.2) is 5.76 Å². The molecular weight excluding hydrogens is 184 g/mol. The van der Waals surface area contributed by atoms with Crippen molar-refractivity contribution in [3.8, 4) is 0 Å². The predicted molar refractivity (Wildman–Crippen MR) is 50.8 cm³/mol. The first-order valence-electron chi connectivity index (χ1n) is 4.73. The van der Waals surface area contributed by atoms with Crippen LogP contribution >= 0.6 is 0 Å². The van der Waals surface area contributed by atoms with E-state index in [2.05, 4.69) is 11.3 Å². The van der Waals surface area contributed by atoms with Crippen molar-refractivity contribution in [3.05, 3.63) is 28.6 Å². The maximum absolute atomic E-state index is 10.6. The molecule has 1 radical (unpaired) electrons. The van der Waals surface area contributed by atoms with E-state index in [1.165, 1.54) is 0 Å². The van der Waals surface area contributed by atoms with E-state index < -0.39 is 5.82 Å². The van der Waals surface area contributed by atoms with E-state index >= 15 is 0 Å². The van der Waals surface area contributed by atoms with Crippen molar-refractivity contribution in [2.75, 3.05) is 6.61 Å². The highest BCUT2D eigenvalue weighted by atomic mass is 16.6. The van der Waals surface area contributed by atoms with Crippen LogP contribution in [0.3, 0.4) is 0 Å². The highest BCUT2D eigenvalue weighted by Gasteiger charge is 2.07. The first-order chi connectivity index (χ1) is 6.74. The molecule has 0 spiro atoms. The Kier molecular flexibility index (Phi) is 4.46. The molecule has 0 saturated carbocycles. The molecule has 0 saturated heterocycles.